The zero-order valence-electron chi connectivity index (χ0n) is 8.09. The maximum Gasteiger partial charge on any atom is 0.138 e. The van der Waals surface area contributed by atoms with E-state index in [2.05, 4.69) is 11.2 Å². The van der Waals surface area contributed by atoms with E-state index in [1.807, 2.05) is 0 Å². The molecule has 0 saturated heterocycles. The molecular formula is C11H11ClFNO. The lowest BCUT2D eigenvalue weighted by molar-refractivity contribution is 0.316. The number of nitrogens with one attached hydrogen (secondary N) is 1. The zero-order chi connectivity index (χ0) is 11.1. The monoisotopic (exact) mass is 227 g/mol. The van der Waals surface area contributed by atoms with Crippen LogP contribution in [0.3, 0.4) is 0 Å². The Morgan fingerprint density at radius 3 is 3.00 bits per heavy atom. The van der Waals surface area contributed by atoms with Crippen molar-refractivity contribution in [1.29, 1.82) is 0 Å². The quantitative estimate of drug-likeness (QED) is 0.614. The molecule has 4 heteroatoms. The van der Waals surface area contributed by atoms with E-state index in [1.165, 1.54) is 18.2 Å². The molecule has 0 atom stereocenters. The second-order valence-electron chi connectivity index (χ2n) is 2.80. The van der Waals surface area contributed by atoms with E-state index in [1.54, 1.807) is 0 Å². The first-order chi connectivity index (χ1) is 7.24. The highest BCUT2D eigenvalue weighted by Gasteiger charge is 2.01. The van der Waals surface area contributed by atoms with Gasteiger partial charge in [0.2, 0.25) is 0 Å². The van der Waals surface area contributed by atoms with Gasteiger partial charge in [0.1, 0.15) is 18.2 Å². The minimum atomic E-state index is -0.377. The molecule has 0 amide bonds. The minimum absolute atomic E-state index is 0.270. The molecule has 0 aliphatic rings. The molecule has 1 N–H and O–H groups in total. The van der Waals surface area contributed by atoms with E-state index in [9.17, 15) is 4.39 Å². The molecule has 0 fully saturated rings. The summed E-state index contributed by atoms with van der Waals surface area (Å²) in [5.41, 5.74) is 0. The van der Waals surface area contributed by atoms with Crippen LogP contribution in [0, 0.1) is 18.2 Å². The average Bonchev–Trinajstić information content (AvgIpc) is 2.20. The summed E-state index contributed by atoms with van der Waals surface area (Å²) in [4.78, 5) is 0. The molecule has 1 aromatic rings. The Hall–Kier alpha value is -1.24. The molecule has 0 saturated carbocycles. The van der Waals surface area contributed by atoms with Crippen molar-refractivity contribution >= 4 is 11.6 Å². The average molecular weight is 228 g/mol. The summed E-state index contributed by atoms with van der Waals surface area (Å²) in [6.45, 7) is 1.56. The predicted molar refractivity (Wildman–Crippen MR) is 58.6 cm³/mol. The number of ether oxygens (including phenoxy) is 1. The summed E-state index contributed by atoms with van der Waals surface area (Å²) in [6.07, 6.45) is 5.05. The van der Waals surface area contributed by atoms with Crippen molar-refractivity contribution in [3.8, 4) is 18.1 Å². The molecule has 1 aromatic carbocycles. The minimum Gasteiger partial charge on any atom is -0.491 e. The van der Waals surface area contributed by atoms with Crippen LogP contribution in [-0.2, 0) is 0 Å². The second kappa shape index (κ2) is 6.28. The van der Waals surface area contributed by atoms with Gasteiger partial charge in [0.15, 0.2) is 0 Å². The Balaban J connectivity index is 2.35. The van der Waals surface area contributed by atoms with Gasteiger partial charge in [-0.3, -0.25) is 0 Å². The van der Waals surface area contributed by atoms with Crippen molar-refractivity contribution in [2.24, 2.45) is 0 Å². The number of hydrogen-bond acceptors (Lipinski definition) is 2. The molecule has 15 heavy (non-hydrogen) atoms. The lowest BCUT2D eigenvalue weighted by Gasteiger charge is -2.07. The topological polar surface area (TPSA) is 21.3 Å². The Kier molecular flexibility index (Phi) is 4.96. The third-order valence-corrected chi connectivity index (χ3v) is 1.95. The van der Waals surface area contributed by atoms with Crippen LogP contribution in [0.5, 0.6) is 5.75 Å². The van der Waals surface area contributed by atoms with Gasteiger partial charge in [-0.1, -0.05) is 17.5 Å². The number of halogens is 2. The van der Waals surface area contributed by atoms with Crippen LogP contribution < -0.4 is 10.1 Å². The van der Waals surface area contributed by atoms with Gasteiger partial charge in [-0.25, -0.2) is 4.39 Å². The lowest BCUT2D eigenvalue weighted by Crippen LogP contribution is -2.21. The normalized spacial score (nSPS) is 9.67. The summed E-state index contributed by atoms with van der Waals surface area (Å²) in [7, 11) is 0. The van der Waals surface area contributed by atoms with Crippen molar-refractivity contribution in [1.82, 2.24) is 5.32 Å². The first-order valence-electron chi connectivity index (χ1n) is 4.46. The van der Waals surface area contributed by atoms with Gasteiger partial charge in [-0.2, -0.15) is 0 Å². The Morgan fingerprint density at radius 2 is 2.33 bits per heavy atom. The van der Waals surface area contributed by atoms with Crippen LogP contribution in [0.25, 0.3) is 0 Å². The molecular weight excluding hydrogens is 217 g/mol. The van der Waals surface area contributed by atoms with Crippen LogP contribution in [0.15, 0.2) is 18.2 Å². The third-order valence-electron chi connectivity index (χ3n) is 1.66. The first kappa shape index (κ1) is 11.8. The zero-order valence-corrected chi connectivity index (χ0v) is 8.85. The fraction of sp³-hybridized carbons (Fsp3) is 0.273. The molecule has 80 valence electrons. The van der Waals surface area contributed by atoms with Crippen LogP contribution in [0.4, 0.5) is 4.39 Å². The van der Waals surface area contributed by atoms with Crippen molar-refractivity contribution in [3.05, 3.63) is 29.0 Å². The maximum absolute atomic E-state index is 12.7. The van der Waals surface area contributed by atoms with Gasteiger partial charge in [0, 0.05) is 6.54 Å². The molecule has 0 aromatic heterocycles. The second-order valence-corrected chi connectivity index (χ2v) is 3.21. The van der Waals surface area contributed by atoms with E-state index in [4.69, 9.17) is 22.8 Å². The fourth-order valence-corrected chi connectivity index (χ4v) is 1.21. The smallest absolute Gasteiger partial charge is 0.138 e. The summed E-state index contributed by atoms with van der Waals surface area (Å²) in [5.74, 6) is 2.54. The molecule has 0 radical (unpaired) electrons. The standard InChI is InChI=1S/C11H11ClFNO/c1-2-5-14-6-7-15-11-4-3-9(13)8-10(11)12/h1,3-4,8,14H,5-7H2. The summed E-state index contributed by atoms with van der Waals surface area (Å²) in [6, 6.07) is 4.01. The van der Waals surface area contributed by atoms with E-state index in [0.717, 1.165) is 0 Å². The highest BCUT2D eigenvalue weighted by Crippen LogP contribution is 2.24. The molecule has 0 aliphatic carbocycles. The molecule has 0 unspecified atom stereocenters. The maximum atomic E-state index is 12.7. The van der Waals surface area contributed by atoms with E-state index in [-0.39, 0.29) is 10.8 Å². The van der Waals surface area contributed by atoms with Crippen LogP contribution in [0.1, 0.15) is 0 Å². The van der Waals surface area contributed by atoms with Gasteiger partial charge < -0.3 is 10.1 Å². The molecule has 0 bridgehead atoms. The van der Waals surface area contributed by atoms with Gasteiger partial charge in [0.05, 0.1) is 11.6 Å². The SMILES string of the molecule is C#CCNCCOc1ccc(F)cc1Cl. The predicted octanol–water partition coefficient (Wildman–Crippen LogP) is 2.08. The first-order valence-corrected chi connectivity index (χ1v) is 4.84. The highest BCUT2D eigenvalue weighted by atomic mass is 35.5. The molecule has 0 aliphatic heterocycles. The Labute approximate surface area is 93.4 Å². The Morgan fingerprint density at radius 1 is 1.53 bits per heavy atom. The van der Waals surface area contributed by atoms with Crippen LogP contribution in [0.2, 0.25) is 5.02 Å². The van der Waals surface area contributed by atoms with Gasteiger partial charge in [-0.15, -0.1) is 6.42 Å². The summed E-state index contributed by atoms with van der Waals surface area (Å²) >= 11 is 5.75. The molecule has 2 nitrogen and oxygen atoms in total. The number of hydrogen-bond donors (Lipinski definition) is 1. The number of terminal acetylenes is 1. The summed E-state index contributed by atoms with van der Waals surface area (Å²) < 4.78 is 18.0. The molecule has 1 rings (SSSR count). The molecule has 0 heterocycles. The number of rotatable bonds is 5. The van der Waals surface area contributed by atoms with E-state index >= 15 is 0 Å². The van der Waals surface area contributed by atoms with Crippen LogP contribution in [-0.4, -0.2) is 19.7 Å². The Bertz CT molecular complexity index is 362. The van der Waals surface area contributed by atoms with Gasteiger partial charge >= 0.3 is 0 Å². The third kappa shape index (κ3) is 4.20. The summed E-state index contributed by atoms with van der Waals surface area (Å²) in [5, 5.41) is 3.23. The lowest BCUT2D eigenvalue weighted by atomic mass is 10.3. The van der Waals surface area contributed by atoms with E-state index in [0.29, 0.717) is 25.4 Å². The van der Waals surface area contributed by atoms with Crippen molar-refractivity contribution in [3.63, 3.8) is 0 Å². The van der Waals surface area contributed by atoms with Crippen LogP contribution >= 0.6 is 11.6 Å². The van der Waals surface area contributed by atoms with Crippen molar-refractivity contribution < 1.29 is 9.13 Å². The van der Waals surface area contributed by atoms with E-state index < -0.39 is 0 Å². The van der Waals surface area contributed by atoms with Crippen molar-refractivity contribution in [2.45, 2.75) is 0 Å². The largest absolute Gasteiger partial charge is 0.491 e. The molecule has 0 spiro atoms. The van der Waals surface area contributed by atoms with Gasteiger partial charge in [0.25, 0.3) is 0 Å². The fourth-order valence-electron chi connectivity index (χ4n) is 0.986. The van der Waals surface area contributed by atoms with Gasteiger partial charge in [-0.05, 0) is 18.2 Å². The number of benzene rings is 1. The highest BCUT2D eigenvalue weighted by molar-refractivity contribution is 6.32. The van der Waals surface area contributed by atoms with Crippen molar-refractivity contribution in [2.75, 3.05) is 19.7 Å².